The molecule has 2 N–H and O–H groups in total. The summed E-state index contributed by atoms with van der Waals surface area (Å²) in [4.78, 5) is 10.7. The molecule has 1 atom stereocenters. The Labute approximate surface area is 70.1 Å². The number of carbonyl (C=O) groups is 1. The summed E-state index contributed by atoms with van der Waals surface area (Å²) in [6, 6.07) is 0. The number of hydrogen-bond donors (Lipinski definition) is 2. The standard InChI is InChI=1S/C8H10N2O2/c11-8(12)10-7-4-2-1-3-6(7)5-9-10/h1-2,4,6,9H,3,5H2,(H,11,12). The van der Waals surface area contributed by atoms with Crippen molar-refractivity contribution in [2.45, 2.75) is 6.42 Å². The van der Waals surface area contributed by atoms with Crippen molar-refractivity contribution in [2.24, 2.45) is 5.92 Å². The van der Waals surface area contributed by atoms with Crippen LogP contribution in [0.1, 0.15) is 6.42 Å². The predicted molar refractivity (Wildman–Crippen MR) is 43.2 cm³/mol. The van der Waals surface area contributed by atoms with Gasteiger partial charge in [0.15, 0.2) is 0 Å². The first-order chi connectivity index (χ1) is 5.79. The number of hydrogen-bond acceptors (Lipinski definition) is 2. The molecule has 2 aliphatic rings. The molecule has 0 saturated carbocycles. The molecule has 1 fully saturated rings. The molecule has 1 aliphatic heterocycles. The Kier molecular flexibility index (Phi) is 1.62. The van der Waals surface area contributed by atoms with Crippen molar-refractivity contribution < 1.29 is 9.90 Å². The van der Waals surface area contributed by atoms with Crippen LogP contribution in [-0.2, 0) is 0 Å². The molecule has 2 rings (SSSR count). The van der Waals surface area contributed by atoms with E-state index >= 15 is 0 Å². The molecule has 64 valence electrons. The fourth-order valence-corrected chi connectivity index (χ4v) is 1.58. The van der Waals surface area contributed by atoms with E-state index in [1.807, 2.05) is 12.2 Å². The second kappa shape index (κ2) is 2.64. The number of allylic oxidation sites excluding steroid dienone is 3. The van der Waals surface area contributed by atoms with Crippen molar-refractivity contribution in [1.29, 1.82) is 0 Å². The molecule has 0 aromatic carbocycles. The number of nitrogens with one attached hydrogen (secondary N) is 1. The first-order valence-electron chi connectivity index (χ1n) is 3.92. The smallest absolute Gasteiger partial charge is 0.426 e. The lowest BCUT2D eigenvalue weighted by atomic mass is 9.98. The van der Waals surface area contributed by atoms with E-state index in [-0.39, 0.29) is 0 Å². The van der Waals surface area contributed by atoms with Crippen molar-refractivity contribution in [3.63, 3.8) is 0 Å². The lowest BCUT2D eigenvalue weighted by Crippen LogP contribution is -2.34. The van der Waals surface area contributed by atoms with Gasteiger partial charge in [-0.3, -0.25) is 0 Å². The molecule has 0 aromatic rings. The predicted octanol–water partition coefficient (Wildman–Crippen LogP) is 0.945. The molecule has 0 spiro atoms. The summed E-state index contributed by atoms with van der Waals surface area (Å²) in [6.07, 6.45) is 5.81. The zero-order valence-corrected chi connectivity index (χ0v) is 6.53. The second-order valence-electron chi connectivity index (χ2n) is 2.93. The second-order valence-corrected chi connectivity index (χ2v) is 2.93. The summed E-state index contributed by atoms with van der Waals surface area (Å²) in [6.45, 7) is 0.725. The van der Waals surface area contributed by atoms with Gasteiger partial charge in [0.05, 0.1) is 0 Å². The summed E-state index contributed by atoms with van der Waals surface area (Å²) in [7, 11) is 0. The third kappa shape index (κ3) is 1.00. The van der Waals surface area contributed by atoms with E-state index in [2.05, 4.69) is 11.5 Å². The number of hydrazine groups is 1. The maximum atomic E-state index is 10.7. The first-order valence-corrected chi connectivity index (χ1v) is 3.92. The molecule has 1 saturated heterocycles. The van der Waals surface area contributed by atoms with Crippen molar-refractivity contribution in [1.82, 2.24) is 10.4 Å². The van der Waals surface area contributed by atoms with Gasteiger partial charge in [-0.15, -0.1) is 0 Å². The monoisotopic (exact) mass is 166 g/mol. The Morgan fingerprint density at radius 2 is 2.58 bits per heavy atom. The minimum Gasteiger partial charge on any atom is -0.464 e. The van der Waals surface area contributed by atoms with Gasteiger partial charge in [0, 0.05) is 18.2 Å². The summed E-state index contributed by atoms with van der Waals surface area (Å²) < 4.78 is 0. The maximum absolute atomic E-state index is 10.7. The molecule has 0 bridgehead atoms. The van der Waals surface area contributed by atoms with Gasteiger partial charge in [-0.1, -0.05) is 12.2 Å². The highest BCUT2D eigenvalue weighted by Gasteiger charge is 2.31. The molecular formula is C8H10N2O2. The summed E-state index contributed by atoms with van der Waals surface area (Å²) >= 11 is 0. The highest BCUT2D eigenvalue weighted by molar-refractivity contribution is 5.67. The van der Waals surface area contributed by atoms with Crippen LogP contribution in [0.25, 0.3) is 0 Å². The van der Waals surface area contributed by atoms with Crippen LogP contribution in [0.2, 0.25) is 0 Å². The van der Waals surface area contributed by atoms with Crippen LogP contribution in [0.4, 0.5) is 4.79 Å². The van der Waals surface area contributed by atoms with E-state index in [9.17, 15) is 4.79 Å². The quantitative estimate of drug-likeness (QED) is 0.563. The van der Waals surface area contributed by atoms with Crippen molar-refractivity contribution >= 4 is 6.09 Å². The number of fused-ring (bicyclic) bond motifs is 1. The number of carboxylic acid groups (broad SMARTS) is 1. The van der Waals surface area contributed by atoms with Crippen LogP contribution < -0.4 is 5.43 Å². The van der Waals surface area contributed by atoms with E-state index < -0.39 is 6.09 Å². The zero-order valence-electron chi connectivity index (χ0n) is 6.53. The number of rotatable bonds is 0. The van der Waals surface area contributed by atoms with Gasteiger partial charge in [0.2, 0.25) is 0 Å². The maximum Gasteiger partial charge on any atom is 0.426 e. The Morgan fingerprint density at radius 1 is 1.75 bits per heavy atom. The van der Waals surface area contributed by atoms with Gasteiger partial charge >= 0.3 is 6.09 Å². The molecular weight excluding hydrogens is 156 g/mol. The summed E-state index contributed by atoms with van der Waals surface area (Å²) in [5.74, 6) is 0.339. The molecule has 0 radical (unpaired) electrons. The van der Waals surface area contributed by atoms with E-state index in [0.29, 0.717) is 5.92 Å². The Morgan fingerprint density at radius 3 is 3.33 bits per heavy atom. The minimum atomic E-state index is -0.931. The molecule has 4 heteroatoms. The molecule has 4 nitrogen and oxygen atoms in total. The molecule has 1 unspecified atom stereocenters. The largest absolute Gasteiger partial charge is 0.464 e. The van der Waals surface area contributed by atoms with Crippen LogP contribution in [0.15, 0.2) is 23.9 Å². The van der Waals surface area contributed by atoms with Crippen LogP contribution in [0.3, 0.4) is 0 Å². The molecule has 12 heavy (non-hydrogen) atoms. The average molecular weight is 166 g/mol. The zero-order chi connectivity index (χ0) is 8.55. The molecule has 1 amide bonds. The molecule has 1 aliphatic carbocycles. The van der Waals surface area contributed by atoms with E-state index in [4.69, 9.17) is 5.11 Å². The van der Waals surface area contributed by atoms with Gasteiger partial charge in [0.1, 0.15) is 0 Å². The third-order valence-electron chi connectivity index (χ3n) is 2.19. The fraction of sp³-hybridized carbons (Fsp3) is 0.375. The van der Waals surface area contributed by atoms with Gasteiger partial charge in [-0.2, -0.15) is 0 Å². The SMILES string of the molecule is O=C(O)N1NCC2CC=CC=C21. The lowest BCUT2D eigenvalue weighted by Gasteiger charge is -2.16. The van der Waals surface area contributed by atoms with Gasteiger partial charge in [-0.25, -0.2) is 15.2 Å². The van der Waals surface area contributed by atoms with Crippen LogP contribution in [0.5, 0.6) is 0 Å². The minimum absolute atomic E-state index is 0.339. The fourth-order valence-electron chi connectivity index (χ4n) is 1.58. The van der Waals surface area contributed by atoms with Crippen molar-refractivity contribution in [3.8, 4) is 0 Å². The summed E-state index contributed by atoms with van der Waals surface area (Å²) in [5.41, 5.74) is 3.69. The highest BCUT2D eigenvalue weighted by atomic mass is 16.4. The van der Waals surface area contributed by atoms with Crippen LogP contribution >= 0.6 is 0 Å². The van der Waals surface area contributed by atoms with Gasteiger partial charge in [-0.05, 0) is 12.5 Å². The first kappa shape index (κ1) is 7.36. The topological polar surface area (TPSA) is 52.6 Å². The lowest BCUT2D eigenvalue weighted by molar-refractivity contribution is 0.149. The number of amides is 1. The third-order valence-corrected chi connectivity index (χ3v) is 2.19. The number of nitrogens with zero attached hydrogens (tertiary/aromatic N) is 1. The van der Waals surface area contributed by atoms with Crippen molar-refractivity contribution in [2.75, 3.05) is 6.54 Å². The van der Waals surface area contributed by atoms with Gasteiger partial charge in [0.25, 0.3) is 0 Å². The molecule has 1 heterocycles. The Hall–Kier alpha value is -1.29. The average Bonchev–Trinajstić information content (AvgIpc) is 2.47. The highest BCUT2D eigenvalue weighted by Crippen LogP contribution is 2.26. The van der Waals surface area contributed by atoms with Crippen molar-refractivity contribution in [3.05, 3.63) is 23.9 Å². The van der Waals surface area contributed by atoms with E-state index in [1.165, 1.54) is 5.01 Å². The van der Waals surface area contributed by atoms with Crippen LogP contribution in [0, 0.1) is 5.92 Å². The van der Waals surface area contributed by atoms with Gasteiger partial charge < -0.3 is 5.11 Å². The normalized spacial score (nSPS) is 26.8. The Bertz CT molecular complexity index is 270. The van der Waals surface area contributed by atoms with E-state index in [0.717, 1.165) is 18.7 Å². The molecule has 0 aromatic heterocycles. The Balaban J connectivity index is 2.25. The van der Waals surface area contributed by atoms with E-state index in [1.54, 1.807) is 0 Å². The van der Waals surface area contributed by atoms with Crippen LogP contribution in [-0.4, -0.2) is 22.8 Å². The summed E-state index contributed by atoms with van der Waals surface area (Å²) in [5, 5.41) is 9.95.